The van der Waals surface area contributed by atoms with Gasteiger partial charge in [-0.1, -0.05) is 0 Å². The maximum atomic E-state index is 12.5. The van der Waals surface area contributed by atoms with Crippen LogP contribution in [0.2, 0.25) is 0 Å². The maximum Gasteiger partial charge on any atom is 0.327 e. The van der Waals surface area contributed by atoms with Crippen molar-refractivity contribution in [2.24, 2.45) is 0 Å². The Morgan fingerprint density at radius 2 is 2.00 bits per heavy atom. The number of thioether (sulfide) groups is 1. The Morgan fingerprint density at radius 3 is 2.58 bits per heavy atom. The fraction of sp³-hybridized carbons (Fsp3) is 0.833. The van der Waals surface area contributed by atoms with Crippen LogP contribution in [0.4, 0.5) is 4.79 Å². The number of carbonyl (C=O) groups is 2. The minimum Gasteiger partial charge on any atom is -0.480 e. The molecule has 7 heteroatoms. The summed E-state index contributed by atoms with van der Waals surface area (Å²) in [6, 6.07) is -0.644. The second-order valence-corrected chi connectivity index (χ2v) is 6.42. The van der Waals surface area contributed by atoms with Gasteiger partial charge >= 0.3 is 12.0 Å². The average molecular weight is 287 g/mol. The second-order valence-electron chi connectivity index (χ2n) is 5.07. The molecule has 2 aliphatic rings. The third-order valence-electron chi connectivity index (χ3n) is 3.89. The molecule has 2 amide bonds. The molecule has 0 aromatic heterocycles. The summed E-state index contributed by atoms with van der Waals surface area (Å²) in [5, 5.41) is 12.4. The predicted molar refractivity (Wildman–Crippen MR) is 74.2 cm³/mol. The Bertz CT molecular complexity index is 360. The fourth-order valence-electron chi connectivity index (χ4n) is 2.66. The average Bonchev–Trinajstić information content (AvgIpc) is 2.80. The molecule has 2 fully saturated rings. The summed E-state index contributed by atoms with van der Waals surface area (Å²) in [7, 11) is 1.78. The summed E-state index contributed by atoms with van der Waals surface area (Å²) < 4.78 is 0. The molecule has 0 spiro atoms. The fourth-order valence-corrected chi connectivity index (χ4v) is 3.82. The van der Waals surface area contributed by atoms with Crippen LogP contribution in [0.1, 0.15) is 19.8 Å². The van der Waals surface area contributed by atoms with Gasteiger partial charge in [-0.15, -0.1) is 11.8 Å². The highest BCUT2D eigenvalue weighted by atomic mass is 32.2. The lowest BCUT2D eigenvalue weighted by molar-refractivity contribution is -0.141. The van der Waals surface area contributed by atoms with Gasteiger partial charge in [0.2, 0.25) is 0 Å². The van der Waals surface area contributed by atoms with Crippen molar-refractivity contribution >= 4 is 23.8 Å². The number of amides is 2. The highest BCUT2D eigenvalue weighted by Gasteiger charge is 2.41. The van der Waals surface area contributed by atoms with Crippen molar-refractivity contribution in [3.05, 3.63) is 0 Å². The van der Waals surface area contributed by atoms with E-state index < -0.39 is 12.0 Å². The summed E-state index contributed by atoms with van der Waals surface area (Å²) in [6.07, 6.45) is 1.85. The Kier molecular flexibility index (Phi) is 4.57. The molecule has 2 aliphatic heterocycles. The van der Waals surface area contributed by atoms with E-state index in [0.29, 0.717) is 5.75 Å². The summed E-state index contributed by atoms with van der Waals surface area (Å²) in [4.78, 5) is 27.0. The van der Waals surface area contributed by atoms with Gasteiger partial charge in [-0.25, -0.2) is 9.59 Å². The summed E-state index contributed by atoms with van der Waals surface area (Å²) in [5.41, 5.74) is 0. The van der Waals surface area contributed by atoms with E-state index in [1.807, 2.05) is 6.92 Å². The lowest BCUT2D eigenvalue weighted by Gasteiger charge is -2.36. The standard InChI is InChI=1S/C12H21N3O3S/c1-8-15(10(7-19-8)11(16)17)12(18)14(2)9-3-5-13-6-4-9/h8-10,13H,3-7H2,1-2H3,(H,16,17). The van der Waals surface area contributed by atoms with E-state index in [1.54, 1.807) is 11.9 Å². The first-order chi connectivity index (χ1) is 9.02. The molecule has 2 heterocycles. The topological polar surface area (TPSA) is 72.9 Å². The van der Waals surface area contributed by atoms with Crippen molar-refractivity contribution in [3.8, 4) is 0 Å². The van der Waals surface area contributed by atoms with Gasteiger partial charge in [-0.05, 0) is 32.9 Å². The van der Waals surface area contributed by atoms with Gasteiger partial charge < -0.3 is 15.3 Å². The minimum absolute atomic E-state index is 0.0715. The zero-order valence-corrected chi connectivity index (χ0v) is 12.2. The second kappa shape index (κ2) is 6.00. The number of hydrogen-bond donors (Lipinski definition) is 2. The molecule has 2 atom stereocenters. The number of nitrogens with zero attached hydrogens (tertiary/aromatic N) is 2. The van der Waals surface area contributed by atoms with Gasteiger partial charge in [-0.2, -0.15) is 0 Å². The number of piperidine rings is 1. The maximum absolute atomic E-state index is 12.5. The van der Waals surface area contributed by atoms with Gasteiger partial charge in [0.15, 0.2) is 0 Å². The number of hydrogen-bond acceptors (Lipinski definition) is 4. The predicted octanol–water partition coefficient (Wildman–Crippen LogP) is 0.638. The molecule has 2 saturated heterocycles. The number of carboxylic acid groups (broad SMARTS) is 1. The smallest absolute Gasteiger partial charge is 0.327 e. The lowest BCUT2D eigenvalue weighted by atomic mass is 10.1. The molecule has 0 bridgehead atoms. The molecule has 0 radical (unpaired) electrons. The molecule has 0 aromatic rings. The molecular weight excluding hydrogens is 266 g/mol. The molecule has 2 N–H and O–H groups in total. The normalized spacial score (nSPS) is 28.4. The number of urea groups is 1. The zero-order valence-electron chi connectivity index (χ0n) is 11.3. The van der Waals surface area contributed by atoms with Crippen LogP contribution in [0.15, 0.2) is 0 Å². The number of aliphatic carboxylic acids is 1. The van der Waals surface area contributed by atoms with E-state index in [1.165, 1.54) is 16.7 Å². The highest BCUT2D eigenvalue weighted by molar-refractivity contribution is 8.00. The van der Waals surface area contributed by atoms with Crippen LogP contribution in [0.3, 0.4) is 0 Å². The molecule has 19 heavy (non-hydrogen) atoms. The van der Waals surface area contributed by atoms with Crippen LogP contribution in [0.5, 0.6) is 0 Å². The largest absolute Gasteiger partial charge is 0.480 e. The van der Waals surface area contributed by atoms with Crippen LogP contribution in [0, 0.1) is 0 Å². The molecule has 0 aromatic carbocycles. The van der Waals surface area contributed by atoms with E-state index in [-0.39, 0.29) is 17.4 Å². The van der Waals surface area contributed by atoms with Crippen LogP contribution < -0.4 is 5.32 Å². The van der Waals surface area contributed by atoms with Crippen LogP contribution >= 0.6 is 11.8 Å². The van der Waals surface area contributed by atoms with Crippen molar-refractivity contribution in [3.63, 3.8) is 0 Å². The minimum atomic E-state index is -0.913. The Balaban J connectivity index is 2.06. The molecule has 0 aliphatic carbocycles. The molecule has 2 rings (SSSR count). The number of carboxylic acids is 1. The van der Waals surface area contributed by atoms with E-state index in [0.717, 1.165) is 25.9 Å². The van der Waals surface area contributed by atoms with Crippen LogP contribution in [-0.4, -0.2) is 70.3 Å². The van der Waals surface area contributed by atoms with Gasteiger partial charge in [0.25, 0.3) is 0 Å². The third kappa shape index (κ3) is 2.97. The summed E-state index contributed by atoms with van der Waals surface area (Å²) in [5.74, 6) is -0.439. The van der Waals surface area contributed by atoms with E-state index in [4.69, 9.17) is 0 Å². The van der Waals surface area contributed by atoms with Gasteiger partial charge in [0.1, 0.15) is 6.04 Å². The van der Waals surface area contributed by atoms with Crippen molar-refractivity contribution in [2.75, 3.05) is 25.9 Å². The monoisotopic (exact) mass is 287 g/mol. The van der Waals surface area contributed by atoms with Crippen molar-refractivity contribution in [1.82, 2.24) is 15.1 Å². The quantitative estimate of drug-likeness (QED) is 0.780. The highest BCUT2D eigenvalue weighted by Crippen LogP contribution is 2.30. The van der Waals surface area contributed by atoms with Crippen molar-refractivity contribution in [1.29, 1.82) is 0 Å². The SMILES string of the molecule is CC1SCC(C(=O)O)N1C(=O)N(C)C1CCNCC1. The first-order valence-corrected chi connectivity index (χ1v) is 7.67. The molecule has 2 unspecified atom stereocenters. The van der Waals surface area contributed by atoms with E-state index in [9.17, 15) is 14.7 Å². The third-order valence-corrected chi connectivity index (χ3v) is 5.10. The van der Waals surface area contributed by atoms with E-state index >= 15 is 0 Å². The Hall–Kier alpha value is -0.950. The Morgan fingerprint density at radius 1 is 1.37 bits per heavy atom. The lowest BCUT2D eigenvalue weighted by Crippen LogP contribution is -2.54. The van der Waals surface area contributed by atoms with Gasteiger partial charge in [0, 0.05) is 18.8 Å². The van der Waals surface area contributed by atoms with E-state index in [2.05, 4.69) is 5.32 Å². The van der Waals surface area contributed by atoms with Gasteiger partial charge in [0.05, 0.1) is 5.37 Å². The molecule has 6 nitrogen and oxygen atoms in total. The number of nitrogens with one attached hydrogen (secondary N) is 1. The van der Waals surface area contributed by atoms with Gasteiger partial charge in [-0.3, -0.25) is 4.90 Å². The van der Waals surface area contributed by atoms with Crippen molar-refractivity contribution in [2.45, 2.75) is 37.2 Å². The molecule has 108 valence electrons. The summed E-state index contributed by atoms with van der Waals surface area (Å²) >= 11 is 1.52. The van der Waals surface area contributed by atoms with Crippen LogP contribution in [-0.2, 0) is 4.79 Å². The van der Waals surface area contributed by atoms with Crippen molar-refractivity contribution < 1.29 is 14.7 Å². The number of carbonyl (C=O) groups excluding carboxylic acids is 1. The van der Waals surface area contributed by atoms with Crippen LogP contribution in [0.25, 0.3) is 0 Å². The zero-order chi connectivity index (χ0) is 14.0. The number of rotatable bonds is 2. The molecule has 0 saturated carbocycles. The first kappa shape index (κ1) is 14.5. The molecular formula is C12H21N3O3S. The summed E-state index contributed by atoms with van der Waals surface area (Å²) in [6.45, 7) is 3.71. The first-order valence-electron chi connectivity index (χ1n) is 6.62. The Labute approximate surface area is 117 Å².